The minimum atomic E-state index is 0.428. The van der Waals surface area contributed by atoms with Crippen molar-refractivity contribution in [2.75, 3.05) is 12.4 Å². The average molecular weight is 318 g/mol. The maximum atomic E-state index is 6.00. The number of rotatable bonds is 6. The lowest BCUT2D eigenvalue weighted by Gasteiger charge is -2.28. The molecule has 118 valence electrons. The molecular weight excluding hydrogens is 296 g/mol. The molecule has 4 nitrogen and oxygen atoms in total. The van der Waals surface area contributed by atoms with Crippen LogP contribution in [0.3, 0.4) is 0 Å². The maximum Gasteiger partial charge on any atom is 0.276 e. The summed E-state index contributed by atoms with van der Waals surface area (Å²) in [6.07, 6.45) is 5.57. The highest BCUT2D eigenvalue weighted by Gasteiger charge is 2.21. The second-order valence-electron chi connectivity index (χ2n) is 5.76. The molecule has 1 fully saturated rings. The third-order valence-corrected chi connectivity index (χ3v) is 4.88. The van der Waals surface area contributed by atoms with Crippen molar-refractivity contribution in [2.45, 2.75) is 43.9 Å². The van der Waals surface area contributed by atoms with Gasteiger partial charge in [0.2, 0.25) is 5.89 Å². The highest BCUT2D eigenvalue weighted by atomic mass is 32.2. The molecule has 5 heteroatoms. The number of benzene rings is 1. The number of hydrogen-bond donors (Lipinski definition) is 0. The van der Waals surface area contributed by atoms with E-state index in [9.17, 15) is 0 Å². The van der Waals surface area contributed by atoms with Crippen LogP contribution in [0.5, 0.6) is 0 Å². The summed E-state index contributed by atoms with van der Waals surface area (Å²) in [6.45, 7) is 3.03. The molecule has 0 radical (unpaired) electrons. The maximum absolute atomic E-state index is 6.00. The Balaban J connectivity index is 1.43. The number of thioether (sulfide) groups is 1. The summed E-state index contributed by atoms with van der Waals surface area (Å²) in [7, 11) is 0. The first-order valence-electron chi connectivity index (χ1n) is 7.96. The number of hydrogen-bond acceptors (Lipinski definition) is 5. The molecule has 0 saturated heterocycles. The van der Waals surface area contributed by atoms with Gasteiger partial charge in [-0.15, -0.1) is 10.2 Å². The van der Waals surface area contributed by atoms with E-state index in [1.54, 1.807) is 11.8 Å². The van der Waals surface area contributed by atoms with Crippen LogP contribution in [-0.2, 0) is 4.74 Å². The summed E-state index contributed by atoms with van der Waals surface area (Å²) >= 11 is 1.56. The number of ether oxygens (including phenoxy) is 1. The zero-order valence-corrected chi connectivity index (χ0v) is 13.7. The van der Waals surface area contributed by atoms with Crippen LogP contribution in [0.2, 0.25) is 0 Å². The zero-order valence-electron chi connectivity index (χ0n) is 12.9. The highest BCUT2D eigenvalue weighted by Crippen LogP contribution is 2.27. The van der Waals surface area contributed by atoms with Crippen molar-refractivity contribution in [3.05, 3.63) is 30.3 Å². The van der Waals surface area contributed by atoms with Crippen LogP contribution in [0.15, 0.2) is 40.0 Å². The molecule has 1 aliphatic carbocycles. The first kappa shape index (κ1) is 15.6. The molecule has 1 saturated carbocycles. The van der Waals surface area contributed by atoms with Gasteiger partial charge in [0.05, 0.1) is 12.7 Å². The van der Waals surface area contributed by atoms with Gasteiger partial charge >= 0.3 is 0 Å². The number of nitrogens with zero attached hydrogens (tertiary/aromatic N) is 2. The fourth-order valence-electron chi connectivity index (χ4n) is 2.82. The molecule has 0 N–H and O–H groups in total. The SMILES string of the molecule is CC1CCCCC1OCCSc1nnc(-c2ccccc2)o1. The van der Waals surface area contributed by atoms with Gasteiger partial charge in [-0.05, 0) is 30.9 Å². The van der Waals surface area contributed by atoms with Crippen LogP contribution in [0, 0.1) is 5.92 Å². The molecule has 0 spiro atoms. The largest absolute Gasteiger partial charge is 0.411 e. The predicted octanol–water partition coefficient (Wildman–Crippen LogP) is 4.42. The van der Waals surface area contributed by atoms with Crippen molar-refractivity contribution in [1.29, 1.82) is 0 Å². The van der Waals surface area contributed by atoms with Crippen molar-refractivity contribution >= 4 is 11.8 Å². The Kier molecular flexibility index (Phi) is 5.51. The quantitative estimate of drug-likeness (QED) is 0.582. The molecule has 2 unspecified atom stereocenters. The van der Waals surface area contributed by atoms with Gasteiger partial charge in [-0.1, -0.05) is 49.7 Å². The van der Waals surface area contributed by atoms with Gasteiger partial charge in [-0.2, -0.15) is 0 Å². The lowest BCUT2D eigenvalue weighted by Crippen LogP contribution is -2.26. The summed E-state index contributed by atoms with van der Waals surface area (Å²) in [5.74, 6) is 2.11. The molecule has 22 heavy (non-hydrogen) atoms. The second kappa shape index (κ2) is 7.79. The zero-order chi connectivity index (χ0) is 15.2. The van der Waals surface area contributed by atoms with E-state index in [4.69, 9.17) is 9.15 Å². The standard InChI is InChI=1S/C17H22N2O2S/c1-13-7-5-6-10-15(13)20-11-12-22-17-19-18-16(21-17)14-8-3-2-4-9-14/h2-4,8-9,13,15H,5-7,10-12H2,1H3. The molecule has 1 heterocycles. The van der Waals surface area contributed by atoms with E-state index < -0.39 is 0 Å². The number of aromatic nitrogens is 2. The Hall–Kier alpha value is -1.33. The fraction of sp³-hybridized carbons (Fsp3) is 0.529. The lowest BCUT2D eigenvalue weighted by molar-refractivity contribution is 0.00342. The van der Waals surface area contributed by atoms with Crippen molar-refractivity contribution in [3.8, 4) is 11.5 Å². The summed E-state index contributed by atoms with van der Waals surface area (Å²) in [5, 5.41) is 8.78. The minimum absolute atomic E-state index is 0.428. The van der Waals surface area contributed by atoms with E-state index in [-0.39, 0.29) is 0 Å². The van der Waals surface area contributed by atoms with Crippen LogP contribution in [0.1, 0.15) is 32.6 Å². The topological polar surface area (TPSA) is 48.2 Å². The molecule has 0 amide bonds. The molecule has 1 aromatic carbocycles. The van der Waals surface area contributed by atoms with Crippen molar-refractivity contribution in [2.24, 2.45) is 5.92 Å². The molecular formula is C17H22N2O2S. The summed E-state index contributed by atoms with van der Waals surface area (Å²) in [6, 6.07) is 9.83. The van der Waals surface area contributed by atoms with Crippen molar-refractivity contribution in [1.82, 2.24) is 10.2 Å². The Morgan fingerprint density at radius 1 is 1.18 bits per heavy atom. The van der Waals surface area contributed by atoms with Crippen LogP contribution >= 0.6 is 11.8 Å². The third kappa shape index (κ3) is 4.11. The first-order chi connectivity index (χ1) is 10.8. The van der Waals surface area contributed by atoms with Crippen molar-refractivity contribution < 1.29 is 9.15 Å². The second-order valence-corrected chi connectivity index (χ2v) is 6.80. The fourth-order valence-corrected chi connectivity index (χ4v) is 3.41. The van der Waals surface area contributed by atoms with E-state index in [1.807, 2.05) is 30.3 Å². The van der Waals surface area contributed by atoms with Crippen LogP contribution in [0.4, 0.5) is 0 Å². The average Bonchev–Trinajstić information content (AvgIpc) is 3.03. The smallest absolute Gasteiger partial charge is 0.276 e. The predicted molar refractivity (Wildman–Crippen MR) is 87.8 cm³/mol. The van der Waals surface area contributed by atoms with E-state index >= 15 is 0 Å². The normalized spacial score (nSPS) is 21.9. The van der Waals surface area contributed by atoms with Gasteiger partial charge in [-0.25, -0.2) is 0 Å². The van der Waals surface area contributed by atoms with Crippen LogP contribution in [-0.4, -0.2) is 28.7 Å². The Morgan fingerprint density at radius 3 is 2.82 bits per heavy atom. The van der Waals surface area contributed by atoms with Gasteiger partial charge in [0.1, 0.15) is 0 Å². The third-order valence-electron chi connectivity index (χ3n) is 4.10. The summed E-state index contributed by atoms with van der Waals surface area (Å²) in [4.78, 5) is 0. The molecule has 2 aromatic rings. The van der Waals surface area contributed by atoms with Crippen LogP contribution in [0.25, 0.3) is 11.5 Å². The Morgan fingerprint density at radius 2 is 2.00 bits per heavy atom. The first-order valence-corrected chi connectivity index (χ1v) is 8.95. The van der Waals surface area contributed by atoms with Crippen molar-refractivity contribution in [3.63, 3.8) is 0 Å². The molecule has 0 bridgehead atoms. The lowest BCUT2D eigenvalue weighted by atomic mass is 9.88. The van der Waals surface area contributed by atoms with E-state index in [2.05, 4.69) is 17.1 Å². The molecule has 2 atom stereocenters. The van der Waals surface area contributed by atoms with E-state index in [0.29, 0.717) is 23.1 Å². The van der Waals surface area contributed by atoms with Gasteiger partial charge in [0.25, 0.3) is 5.22 Å². The van der Waals surface area contributed by atoms with Gasteiger partial charge in [-0.3, -0.25) is 0 Å². The Bertz CT molecular complexity index is 573. The summed E-state index contributed by atoms with van der Waals surface area (Å²) < 4.78 is 11.7. The monoisotopic (exact) mass is 318 g/mol. The van der Waals surface area contributed by atoms with Gasteiger partial charge in [0, 0.05) is 11.3 Å². The Labute approximate surface area is 135 Å². The molecule has 3 rings (SSSR count). The summed E-state index contributed by atoms with van der Waals surface area (Å²) in [5.41, 5.74) is 0.953. The molecule has 1 aliphatic rings. The minimum Gasteiger partial charge on any atom is -0.411 e. The van der Waals surface area contributed by atoms with Crippen LogP contribution < -0.4 is 0 Å². The van der Waals surface area contributed by atoms with E-state index in [1.165, 1.54) is 25.7 Å². The van der Waals surface area contributed by atoms with E-state index in [0.717, 1.165) is 17.9 Å². The molecule has 1 aromatic heterocycles. The highest BCUT2D eigenvalue weighted by molar-refractivity contribution is 7.99. The molecule has 0 aliphatic heterocycles. The van der Waals surface area contributed by atoms with Gasteiger partial charge < -0.3 is 9.15 Å². The van der Waals surface area contributed by atoms with Gasteiger partial charge in [0.15, 0.2) is 0 Å².